The topological polar surface area (TPSA) is 57.4 Å². The molecule has 0 unspecified atom stereocenters. The number of nitrogens with zero attached hydrogens (tertiary/aromatic N) is 1. The highest BCUT2D eigenvalue weighted by molar-refractivity contribution is 5.74. The molecule has 14 heavy (non-hydrogen) atoms. The molecule has 0 aliphatic heterocycles. The molecule has 0 saturated heterocycles. The summed E-state index contributed by atoms with van der Waals surface area (Å²) < 4.78 is 1.52. The Morgan fingerprint density at radius 2 is 2.00 bits per heavy atom. The van der Waals surface area contributed by atoms with Crippen LogP contribution in [0.25, 0.3) is 0 Å². The van der Waals surface area contributed by atoms with Crippen LogP contribution in [0.2, 0.25) is 0 Å². The van der Waals surface area contributed by atoms with Crippen LogP contribution >= 0.6 is 0 Å². The lowest BCUT2D eigenvalue weighted by molar-refractivity contribution is -0.476. The molecule has 4 heteroatoms. The van der Waals surface area contributed by atoms with Gasteiger partial charge in [-0.1, -0.05) is 0 Å². The van der Waals surface area contributed by atoms with E-state index in [1.54, 1.807) is 0 Å². The molecule has 0 atom stereocenters. The quantitative estimate of drug-likeness (QED) is 0.409. The number of carboxylic acids is 1. The Morgan fingerprint density at radius 1 is 1.43 bits per heavy atom. The highest BCUT2D eigenvalue weighted by Crippen LogP contribution is 2.00. The van der Waals surface area contributed by atoms with E-state index in [-0.39, 0.29) is 24.8 Å². The Morgan fingerprint density at radius 3 is 2.36 bits per heavy atom. The van der Waals surface area contributed by atoms with Crippen molar-refractivity contribution >= 4 is 18.1 Å². The molecular weight excluding hydrogens is 182 g/mol. The van der Waals surface area contributed by atoms with Crippen LogP contribution in [0.4, 0.5) is 0 Å². The normalized spacial score (nSPS) is 11.8. The highest BCUT2D eigenvalue weighted by Gasteiger charge is 2.17. The molecule has 0 aromatic rings. The summed E-state index contributed by atoms with van der Waals surface area (Å²) in [5.74, 6) is -0.941. The molecule has 0 heterocycles. The summed E-state index contributed by atoms with van der Waals surface area (Å²) in [4.78, 5) is 21.7. The maximum Gasteiger partial charge on any atom is 0.384 e. The van der Waals surface area contributed by atoms with Gasteiger partial charge < -0.3 is 12.0 Å². The van der Waals surface area contributed by atoms with E-state index >= 15 is 0 Å². The van der Waals surface area contributed by atoms with Crippen LogP contribution in [0.1, 0.15) is 33.1 Å². The lowest BCUT2D eigenvalue weighted by atomic mass is 10.2. The van der Waals surface area contributed by atoms with Gasteiger partial charge in [0, 0.05) is 12.6 Å². The first-order valence-corrected chi connectivity index (χ1v) is 4.64. The lowest BCUT2D eigenvalue weighted by Gasteiger charge is -2.05. The van der Waals surface area contributed by atoms with Crippen molar-refractivity contribution in [3.63, 3.8) is 0 Å². The first kappa shape index (κ1) is 12.7. The summed E-state index contributed by atoms with van der Waals surface area (Å²) in [6.07, 6.45) is 2.16. The van der Waals surface area contributed by atoms with Gasteiger partial charge in [-0.3, -0.25) is 4.79 Å². The van der Waals surface area contributed by atoms with Gasteiger partial charge in [-0.2, -0.15) is 4.58 Å². The minimum absolute atomic E-state index is 0.0365. The van der Waals surface area contributed by atoms with E-state index in [2.05, 4.69) is 6.92 Å². The van der Waals surface area contributed by atoms with Crippen LogP contribution in [0, 0.1) is 6.92 Å². The number of rotatable bonds is 5. The molecule has 0 aliphatic carbocycles. The zero-order valence-corrected chi connectivity index (χ0v) is 8.69. The molecular formula is C10H17NO3. The average molecular weight is 199 g/mol. The second-order valence-electron chi connectivity index (χ2n) is 3.32. The molecule has 1 N–H and O–H groups in total. The number of hydrogen-bond donors (Lipinski definition) is 1. The van der Waals surface area contributed by atoms with Crippen molar-refractivity contribution < 1.29 is 19.3 Å². The first-order chi connectivity index (χ1) is 6.49. The smallest absolute Gasteiger partial charge is 0.384 e. The van der Waals surface area contributed by atoms with Gasteiger partial charge in [-0.25, -0.2) is 4.79 Å². The molecule has 4 nitrogen and oxygen atoms in total. The molecule has 0 aliphatic rings. The molecule has 0 saturated carbocycles. The zero-order valence-electron chi connectivity index (χ0n) is 8.69. The van der Waals surface area contributed by atoms with Crippen molar-refractivity contribution in [3.8, 4) is 0 Å². The Hall–Kier alpha value is -1.32. The minimum Gasteiger partial charge on any atom is -0.481 e. The molecule has 0 radical (unpaired) electrons. The summed E-state index contributed by atoms with van der Waals surface area (Å²) in [5.41, 5.74) is 0. The van der Waals surface area contributed by atoms with E-state index in [0.29, 0.717) is 6.42 Å². The number of carboxylic acid groups (broad SMARTS) is 1. The molecule has 0 aromatic heterocycles. The fourth-order valence-electron chi connectivity index (χ4n) is 1.12. The molecule has 0 spiro atoms. The molecule has 80 valence electrons. The van der Waals surface area contributed by atoms with Crippen molar-refractivity contribution in [2.45, 2.75) is 39.2 Å². The zero-order chi connectivity index (χ0) is 11.1. The summed E-state index contributed by atoms with van der Waals surface area (Å²) in [6, 6.07) is 0.0739. The predicted octanol–water partition coefficient (Wildman–Crippen LogP) is 1.09. The number of hydrogen-bond acceptors (Lipinski definition) is 2. The Kier molecular flexibility index (Phi) is 5.60. The van der Waals surface area contributed by atoms with E-state index in [9.17, 15) is 9.59 Å². The SMILES string of the molecule is [CH2-]/C=[N+](/C(=O)CCCC(=O)O)C(C)C. The Bertz CT molecular complexity index is 244. The standard InChI is InChI=1S/C10H17NO3/c1-4-11(8(2)3)9(12)6-5-7-10(13)14/h4,8H,1,5-7H2,2-3H3,(H,13,14)/b11-4+. The third-order valence-corrected chi connectivity index (χ3v) is 1.82. The van der Waals surface area contributed by atoms with Gasteiger partial charge in [0.05, 0.1) is 6.42 Å². The van der Waals surface area contributed by atoms with Crippen LogP contribution in [0.5, 0.6) is 0 Å². The minimum atomic E-state index is -0.868. The average Bonchev–Trinajstić information content (AvgIpc) is 2.03. The van der Waals surface area contributed by atoms with Crippen molar-refractivity contribution in [2.75, 3.05) is 0 Å². The van der Waals surface area contributed by atoms with Crippen molar-refractivity contribution in [1.29, 1.82) is 0 Å². The van der Waals surface area contributed by atoms with Gasteiger partial charge in [-0.15, -0.1) is 0 Å². The largest absolute Gasteiger partial charge is 0.481 e. The summed E-state index contributed by atoms with van der Waals surface area (Å²) in [7, 11) is 0. The van der Waals surface area contributed by atoms with Crippen molar-refractivity contribution in [3.05, 3.63) is 6.92 Å². The van der Waals surface area contributed by atoms with Crippen molar-refractivity contribution in [2.24, 2.45) is 0 Å². The fraction of sp³-hybridized carbons (Fsp3) is 0.600. The highest BCUT2D eigenvalue weighted by atomic mass is 16.4. The van der Waals surface area contributed by atoms with Crippen molar-refractivity contribution in [1.82, 2.24) is 0 Å². The number of carbonyl (C=O) groups excluding carboxylic acids is 1. The van der Waals surface area contributed by atoms with E-state index in [4.69, 9.17) is 5.11 Å². The third kappa shape index (κ3) is 4.64. The van der Waals surface area contributed by atoms with Gasteiger partial charge in [0.25, 0.3) is 0 Å². The Balaban J connectivity index is 4.01. The molecule has 0 rings (SSSR count). The first-order valence-electron chi connectivity index (χ1n) is 4.64. The monoisotopic (exact) mass is 199 g/mol. The van der Waals surface area contributed by atoms with E-state index in [1.165, 1.54) is 10.8 Å². The van der Waals surface area contributed by atoms with Gasteiger partial charge in [0.1, 0.15) is 0 Å². The summed E-state index contributed by atoms with van der Waals surface area (Å²) in [6.45, 7) is 7.31. The fourth-order valence-corrected chi connectivity index (χ4v) is 1.12. The van der Waals surface area contributed by atoms with Crippen LogP contribution in [0.3, 0.4) is 0 Å². The molecule has 0 fully saturated rings. The molecule has 0 bridgehead atoms. The lowest BCUT2D eigenvalue weighted by Crippen LogP contribution is -2.27. The molecule has 1 amide bonds. The molecule has 0 aromatic carbocycles. The maximum atomic E-state index is 11.5. The summed E-state index contributed by atoms with van der Waals surface area (Å²) in [5, 5.41) is 8.39. The third-order valence-electron chi connectivity index (χ3n) is 1.82. The predicted molar refractivity (Wildman–Crippen MR) is 53.3 cm³/mol. The van der Waals surface area contributed by atoms with Crippen LogP contribution in [-0.2, 0) is 9.59 Å². The number of carbonyl (C=O) groups is 2. The van der Waals surface area contributed by atoms with E-state index in [0.717, 1.165) is 0 Å². The van der Waals surface area contributed by atoms with E-state index in [1.807, 2.05) is 13.8 Å². The van der Waals surface area contributed by atoms with Crippen LogP contribution < -0.4 is 0 Å². The number of aliphatic carboxylic acids is 1. The van der Waals surface area contributed by atoms with E-state index < -0.39 is 5.97 Å². The van der Waals surface area contributed by atoms with Crippen LogP contribution in [-0.4, -0.2) is 33.8 Å². The van der Waals surface area contributed by atoms with Gasteiger partial charge in [0.15, 0.2) is 6.04 Å². The second kappa shape index (κ2) is 6.18. The second-order valence-corrected chi connectivity index (χ2v) is 3.32. The Labute approximate surface area is 84.2 Å². The summed E-state index contributed by atoms with van der Waals surface area (Å²) >= 11 is 0. The number of amides is 1. The maximum absolute atomic E-state index is 11.5. The van der Waals surface area contributed by atoms with Gasteiger partial charge in [-0.05, 0) is 20.3 Å². The van der Waals surface area contributed by atoms with Gasteiger partial charge in [0.2, 0.25) is 0 Å². The van der Waals surface area contributed by atoms with Crippen LogP contribution in [0.15, 0.2) is 0 Å². The van der Waals surface area contributed by atoms with Gasteiger partial charge >= 0.3 is 11.9 Å².